The monoisotopic (exact) mass is 292 g/mol. The molecule has 3 aromatic rings. The van der Waals surface area contributed by atoms with Gasteiger partial charge in [-0.05, 0) is 42.5 Å². The highest BCUT2D eigenvalue weighted by Gasteiger charge is 2.07. The average Bonchev–Trinajstić information content (AvgIpc) is 2.80. The van der Waals surface area contributed by atoms with Gasteiger partial charge in [-0.15, -0.1) is 0 Å². The number of rotatable bonds is 3. The van der Waals surface area contributed by atoms with Gasteiger partial charge >= 0.3 is 0 Å². The summed E-state index contributed by atoms with van der Waals surface area (Å²) in [5.41, 5.74) is 1.77. The molecule has 2 aromatic carbocycles. The zero-order valence-corrected chi connectivity index (χ0v) is 11.4. The largest absolute Gasteiger partial charge is 0.489 e. The van der Waals surface area contributed by atoms with Crippen LogP contribution in [0.1, 0.15) is 5.56 Å². The van der Waals surface area contributed by atoms with Crippen LogP contribution in [0.3, 0.4) is 0 Å². The van der Waals surface area contributed by atoms with E-state index in [1.54, 1.807) is 24.5 Å². The highest BCUT2D eigenvalue weighted by atomic mass is 35.5. The minimum Gasteiger partial charge on any atom is -0.489 e. The maximum absolute atomic E-state index is 5.99. The molecular formula is C15H10Cl2O2. The Kier molecular flexibility index (Phi) is 3.36. The van der Waals surface area contributed by atoms with E-state index in [-0.39, 0.29) is 0 Å². The molecule has 0 saturated heterocycles. The van der Waals surface area contributed by atoms with Crippen LogP contribution in [0.2, 0.25) is 10.0 Å². The number of halogens is 2. The van der Waals surface area contributed by atoms with E-state index < -0.39 is 0 Å². The lowest BCUT2D eigenvalue weighted by molar-refractivity contribution is 0.306. The van der Waals surface area contributed by atoms with E-state index in [2.05, 4.69) is 0 Å². The molecule has 2 nitrogen and oxygen atoms in total. The molecule has 3 rings (SSSR count). The van der Waals surface area contributed by atoms with Crippen molar-refractivity contribution in [3.63, 3.8) is 0 Å². The summed E-state index contributed by atoms with van der Waals surface area (Å²) in [5, 5.41) is 2.34. The molecule has 4 heteroatoms. The molecule has 0 bridgehead atoms. The Hall–Kier alpha value is -1.64. The van der Waals surface area contributed by atoms with Gasteiger partial charge in [0.25, 0.3) is 0 Å². The number of fused-ring (bicyclic) bond motifs is 1. The molecule has 0 unspecified atom stereocenters. The molecule has 0 aliphatic rings. The highest BCUT2D eigenvalue weighted by molar-refractivity contribution is 6.31. The minimum absolute atomic E-state index is 0.426. The number of hydrogen-bond acceptors (Lipinski definition) is 2. The van der Waals surface area contributed by atoms with Crippen LogP contribution in [-0.2, 0) is 6.61 Å². The van der Waals surface area contributed by atoms with Gasteiger partial charge in [0.2, 0.25) is 0 Å². The van der Waals surface area contributed by atoms with Crippen molar-refractivity contribution in [1.82, 2.24) is 0 Å². The number of ether oxygens (including phenoxy) is 1. The van der Waals surface area contributed by atoms with Crippen LogP contribution < -0.4 is 4.74 Å². The first-order valence-electron chi connectivity index (χ1n) is 5.76. The summed E-state index contributed by atoms with van der Waals surface area (Å²) in [7, 11) is 0. The summed E-state index contributed by atoms with van der Waals surface area (Å²) in [6.07, 6.45) is 1.69. The molecule has 0 radical (unpaired) electrons. The maximum atomic E-state index is 5.99. The summed E-state index contributed by atoms with van der Waals surface area (Å²) in [6, 6.07) is 12.8. The lowest BCUT2D eigenvalue weighted by atomic mass is 10.2. The summed E-state index contributed by atoms with van der Waals surface area (Å²) in [4.78, 5) is 0. The van der Waals surface area contributed by atoms with Gasteiger partial charge in [0.1, 0.15) is 17.9 Å². The number of furan rings is 1. The molecule has 0 aliphatic carbocycles. The topological polar surface area (TPSA) is 22.4 Å². The summed E-state index contributed by atoms with van der Waals surface area (Å²) in [5.74, 6) is 0.765. The Balaban J connectivity index is 1.81. The van der Waals surface area contributed by atoms with Gasteiger partial charge in [0.15, 0.2) is 0 Å². The minimum atomic E-state index is 0.426. The molecule has 0 saturated carbocycles. The molecule has 0 aliphatic heterocycles. The number of hydrogen-bond donors (Lipinski definition) is 0. The predicted octanol–water partition coefficient (Wildman–Crippen LogP) is 5.32. The van der Waals surface area contributed by atoms with E-state index >= 15 is 0 Å². The van der Waals surface area contributed by atoms with E-state index in [9.17, 15) is 0 Å². The maximum Gasteiger partial charge on any atom is 0.134 e. The van der Waals surface area contributed by atoms with Crippen molar-refractivity contribution < 1.29 is 9.15 Å². The highest BCUT2D eigenvalue weighted by Crippen LogP contribution is 2.26. The normalized spacial score (nSPS) is 10.8. The van der Waals surface area contributed by atoms with Gasteiger partial charge in [-0.3, -0.25) is 0 Å². The van der Waals surface area contributed by atoms with Crippen molar-refractivity contribution in [2.24, 2.45) is 0 Å². The third-order valence-corrected chi connectivity index (χ3v) is 3.31. The van der Waals surface area contributed by atoms with E-state index in [1.807, 2.05) is 24.3 Å². The van der Waals surface area contributed by atoms with Gasteiger partial charge in [0.05, 0.1) is 6.26 Å². The second-order valence-electron chi connectivity index (χ2n) is 4.14. The van der Waals surface area contributed by atoms with Gasteiger partial charge < -0.3 is 9.15 Å². The standard InChI is InChI=1S/C15H10Cl2O2/c16-11-1-4-13(5-2-11)18-8-10-9-19-15-6-3-12(17)7-14(10)15/h1-7,9H,8H2. The SMILES string of the molecule is Clc1ccc(OCc2coc3ccc(Cl)cc23)cc1. The van der Waals surface area contributed by atoms with Gasteiger partial charge in [0, 0.05) is 21.0 Å². The Morgan fingerprint density at radius 2 is 1.68 bits per heavy atom. The lowest BCUT2D eigenvalue weighted by Gasteiger charge is -2.04. The number of benzene rings is 2. The van der Waals surface area contributed by atoms with Gasteiger partial charge in [-0.2, -0.15) is 0 Å². The summed E-state index contributed by atoms with van der Waals surface area (Å²) < 4.78 is 11.1. The summed E-state index contributed by atoms with van der Waals surface area (Å²) >= 11 is 11.8. The smallest absolute Gasteiger partial charge is 0.134 e. The zero-order chi connectivity index (χ0) is 13.2. The fourth-order valence-corrected chi connectivity index (χ4v) is 2.16. The van der Waals surface area contributed by atoms with Crippen molar-refractivity contribution in [2.75, 3.05) is 0 Å². The molecular weight excluding hydrogens is 283 g/mol. The molecule has 0 amide bonds. The van der Waals surface area contributed by atoms with E-state index in [0.717, 1.165) is 22.3 Å². The molecule has 0 spiro atoms. The average molecular weight is 293 g/mol. The van der Waals surface area contributed by atoms with E-state index in [0.29, 0.717) is 16.7 Å². The van der Waals surface area contributed by atoms with Crippen molar-refractivity contribution in [1.29, 1.82) is 0 Å². The third kappa shape index (κ3) is 2.70. The second kappa shape index (κ2) is 5.16. The molecule has 0 N–H and O–H groups in total. The predicted molar refractivity (Wildman–Crippen MR) is 77.0 cm³/mol. The van der Waals surface area contributed by atoms with Crippen LogP contribution in [0.15, 0.2) is 53.1 Å². The molecule has 96 valence electrons. The van der Waals surface area contributed by atoms with Crippen LogP contribution in [0.5, 0.6) is 5.75 Å². The first-order chi connectivity index (χ1) is 9.22. The van der Waals surface area contributed by atoms with Crippen LogP contribution in [0, 0.1) is 0 Å². The third-order valence-electron chi connectivity index (χ3n) is 2.82. The van der Waals surface area contributed by atoms with E-state index in [1.165, 1.54) is 0 Å². The lowest BCUT2D eigenvalue weighted by Crippen LogP contribution is -1.93. The molecule has 1 heterocycles. The van der Waals surface area contributed by atoms with Crippen molar-refractivity contribution in [3.05, 3.63) is 64.3 Å². The molecule has 1 aromatic heterocycles. The molecule has 0 fully saturated rings. The first-order valence-corrected chi connectivity index (χ1v) is 6.52. The van der Waals surface area contributed by atoms with Crippen LogP contribution in [0.25, 0.3) is 11.0 Å². The first kappa shape index (κ1) is 12.4. The fraction of sp³-hybridized carbons (Fsp3) is 0.0667. The quantitative estimate of drug-likeness (QED) is 0.652. The van der Waals surface area contributed by atoms with Gasteiger partial charge in [-0.25, -0.2) is 0 Å². The fourth-order valence-electron chi connectivity index (χ4n) is 1.86. The zero-order valence-electron chi connectivity index (χ0n) is 9.90. The van der Waals surface area contributed by atoms with Gasteiger partial charge in [-0.1, -0.05) is 23.2 Å². The van der Waals surface area contributed by atoms with Crippen molar-refractivity contribution in [3.8, 4) is 5.75 Å². The molecule has 19 heavy (non-hydrogen) atoms. The van der Waals surface area contributed by atoms with Crippen molar-refractivity contribution in [2.45, 2.75) is 6.61 Å². The molecule has 0 atom stereocenters. The Morgan fingerprint density at radius 1 is 0.947 bits per heavy atom. The van der Waals surface area contributed by atoms with Crippen LogP contribution in [0.4, 0.5) is 0 Å². The van der Waals surface area contributed by atoms with Crippen LogP contribution in [-0.4, -0.2) is 0 Å². The Bertz CT molecular complexity index is 702. The van der Waals surface area contributed by atoms with E-state index in [4.69, 9.17) is 32.4 Å². The Labute approximate surface area is 120 Å². The second-order valence-corrected chi connectivity index (χ2v) is 5.02. The van der Waals surface area contributed by atoms with Crippen LogP contribution >= 0.6 is 23.2 Å². The summed E-state index contributed by atoms with van der Waals surface area (Å²) in [6.45, 7) is 0.426. The Morgan fingerprint density at radius 3 is 2.47 bits per heavy atom. The van der Waals surface area contributed by atoms with Crippen molar-refractivity contribution >= 4 is 34.2 Å².